The predicted octanol–water partition coefficient (Wildman–Crippen LogP) is 1.01. The number of hydrogen-bond donors (Lipinski definition) is 3. The van der Waals surface area contributed by atoms with Crippen molar-refractivity contribution in [2.24, 2.45) is 5.73 Å². The highest BCUT2D eigenvalue weighted by atomic mass is 16.1. The maximum absolute atomic E-state index is 10.7. The molecule has 2 aromatic rings. The van der Waals surface area contributed by atoms with Crippen molar-refractivity contribution in [1.82, 2.24) is 9.97 Å². The van der Waals surface area contributed by atoms with Crippen LogP contribution in [0.25, 0.3) is 11.4 Å². The molecule has 1 aromatic carbocycles. The molecule has 1 heterocycles. The monoisotopic (exact) mass is 257 g/mol. The first-order valence-electron chi connectivity index (χ1n) is 5.87. The largest absolute Gasteiger partial charge is 0.384 e. The third-order valence-electron chi connectivity index (χ3n) is 2.46. The molecule has 0 unspecified atom stereocenters. The number of amides is 1. The number of carbonyl (C=O) groups excluding carboxylic acids is 1. The second-order valence-electron chi connectivity index (χ2n) is 4.01. The fourth-order valence-corrected chi connectivity index (χ4v) is 1.59. The standard InChI is InChI=1S/C13H15N5O/c14-10-8-12(16-7-6-11(15)19)18-13(17-10)9-4-2-1-3-5-9/h1-5,8H,6-7H2,(H2,15,19)(H3,14,16,17,18). The Labute approximate surface area is 110 Å². The van der Waals surface area contributed by atoms with E-state index in [2.05, 4.69) is 15.3 Å². The molecule has 0 aliphatic carbocycles. The molecule has 0 bridgehead atoms. The quantitative estimate of drug-likeness (QED) is 0.741. The van der Waals surface area contributed by atoms with Gasteiger partial charge in [-0.25, -0.2) is 9.97 Å². The van der Waals surface area contributed by atoms with Gasteiger partial charge in [0.05, 0.1) is 0 Å². The van der Waals surface area contributed by atoms with Crippen molar-refractivity contribution >= 4 is 17.5 Å². The normalized spacial score (nSPS) is 10.1. The van der Waals surface area contributed by atoms with Gasteiger partial charge in [-0.05, 0) is 0 Å². The van der Waals surface area contributed by atoms with Crippen LogP contribution in [0.4, 0.5) is 11.6 Å². The first-order valence-corrected chi connectivity index (χ1v) is 5.87. The minimum atomic E-state index is -0.363. The molecule has 6 heteroatoms. The second-order valence-corrected chi connectivity index (χ2v) is 4.01. The molecule has 0 aliphatic heterocycles. The lowest BCUT2D eigenvalue weighted by molar-refractivity contribution is -0.117. The fraction of sp³-hybridized carbons (Fsp3) is 0.154. The van der Waals surface area contributed by atoms with Gasteiger partial charge in [-0.3, -0.25) is 4.79 Å². The molecule has 0 atom stereocenters. The number of nitrogen functional groups attached to an aromatic ring is 1. The molecular formula is C13H15N5O. The van der Waals surface area contributed by atoms with Gasteiger partial charge in [0.15, 0.2) is 5.82 Å². The predicted molar refractivity (Wildman–Crippen MR) is 74.2 cm³/mol. The van der Waals surface area contributed by atoms with E-state index in [1.165, 1.54) is 0 Å². The third kappa shape index (κ3) is 3.67. The number of nitrogens with two attached hydrogens (primary N) is 2. The number of anilines is 2. The van der Waals surface area contributed by atoms with E-state index >= 15 is 0 Å². The van der Waals surface area contributed by atoms with Crippen LogP contribution in [0.2, 0.25) is 0 Å². The van der Waals surface area contributed by atoms with E-state index in [1.807, 2.05) is 30.3 Å². The Morgan fingerprint density at radius 3 is 2.63 bits per heavy atom. The molecule has 0 saturated carbocycles. The Morgan fingerprint density at radius 1 is 1.21 bits per heavy atom. The zero-order chi connectivity index (χ0) is 13.7. The van der Waals surface area contributed by atoms with E-state index in [4.69, 9.17) is 11.5 Å². The summed E-state index contributed by atoms with van der Waals surface area (Å²) in [6, 6.07) is 11.2. The molecule has 2 rings (SSSR count). The van der Waals surface area contributed by atoms with Crippen LogP contribution in [-0.4, -0.2) is 22.4 Å². The molecule has 0 spiro atoms. The van der Waals surface area contributed by atoms with Gasteiger partial charge in [-0.2, -0.15) is 0 Å². The highest BCUT2D eigenvalue weighted by Gasteiger charge is 2.05. The van der Waals surface area contributed by atoms with Crippen molar-refractivity contribution in [1.29, 1.82) is 0 Å². The van der Waals surface area contributed by atoms with E-state index in [0.29, 0.717) is 24.0 Å². The van der Waals surface area contributed by atoms with Crippen LogP contribution in [0, 0.1) is 0 Å². The van der Waals surface area contributed by atoms with Crippen molar-refractivity contribution in [2.75, 3.05) is 17.6 Å². The highest BCUT2D eigenvalue weighted by Crippen LogP contribution is 2.18. The summed E-state index contributed by atoms with van der Waals surface area (Å²) in [6.07, 6.45) is 0.241. The van der Waals surface area contributed by atoms with Gasteiger partial charge in [0.25, 0.3) is 0 Å². The minimum absolute atomic E-state index is 0.241. The van der Waals surface area contributed by atoms with Crippen LogP contribution in [0.3, 0.4) is 0 Å². The van der Waals surface area contributed by atoms with Crippen molar-refractivity contribution in [3.05, 3.63) is 36.4 Å². The summed E-state index contributed by atoms with van der Waals surface area (Å²) >= 11 is 0. The van der Waals surface area contributed by atoms with Gasteiger partial charge in [0.1, 0.15) is 11.6 Å². The first-order chi connectivity index (χ1) is 9.15. The molecule has 19 heavy (non-hydrogen) atoms. The maximum atomic E-state index is 10.7. The molecule has 1 amide bonds. The lowest BCUT2D eigenvalue weighted by atomic mass is 10.2. The van der Waals surface area contributed by atoms with Gasteiger partial charge in [-0.1, -0.05) is 30.3 Å². The molecule has 0 fully saturated rings. The summed E-state index contributed by atoms with van der Waals surface area (Å²) < 4.78 is 0. The van der Waals surface area contributed by atoms with E-state index in [-0.39, 0.29) is 12.3 Å². The molecule has 5 N–H and O–H groups in total. The number of aromatic nitrogens is 2. The molecule has 0 radical (unpaired) electrons. The third-order valence-corrected chi connectivity index (χ3v) is 2.46. The van der Waals surface area contributed by atoms with Gasteiger partial charge < -0.3 is 16.8 Å². The van der Waals surface area contributed by atoms with E-state index in [9.17, 15) is 4.79 Å². The summed E-state index contributed by atoms with van der Waals surface area (Å²) in [5.41, 5.74) is 11.7. The Kier molecular flexibility index (Phi) is 3.92. The second kappa shape index (κ2) is 5.81. The van der Waals surface area contributed by atoms with E-state index in [1.54, 1.807) is 6.07 Å². The minimum Gasteiger partial charge on any atom is -0.384 e. The number of primary amides is 1. The molecular weight excluding hydrogens is 242 g/mol. The summed E-state index contributed by atoms with van der Waals surface area (Å²) in [6.45, 7) is 0.417. The van der Waals surface area contributed by atoms with Crippen molar-refractivity contribution in [3.8, 4) is 11.4 Å². The topological polar surface area (TPSA) is 107 Å². The lowest BCUT2D eigenvalue weighted by Crippen LogP contribution is -2.16. The number of benzene rings is 1. The summed E-state index contributed by atoms with van der Waals surface area (Å²) in [7, 11) is 0. The number of hydrogen-bond acceptors (Lipinski definition) is 5. The van der Waals surface area contributed by atoms with Crippen LogP contribution in [0.5, 0.6) is 0 Å². The zero-order valence-electron chi connectivity index (χ0n) is 10.3. The number of nitrogens with one attached hydrogen (secondary N) is 1. The van der Waals surface area contributed by atoms with Crippen molar-refractivity contribution in [3.63, 3.8) is 0 Å². The van der Waals surface area contributed by atoms with Crippen LogP contribution in [0.1, 0.15) is 6.42 Å². The lowest BCUT2D eigenvalue weighted by Gasteiger charge is -2.07. The first kappa shape index (κ1) is 12.8. The molecule has 0 aliphatic rings. The van der Waals surface area contributed by atoms with Crippen LogP contribution >= 0.6 is 0 Å². The van der Waals surface area contributed by atoms with Crippen LogP contribution < -0.4 is 16.8 Å². The zero-order valence-corrected chi connectivity index (χ0v) is 10.3. The van der Waals surface area contributed by atoms with Gasteiger partial charge >= 0.3 is 0 Å². The molecule has 6 nitrogen and oxygen atoms in total. The van der Waals surface area contributed by atoms with Crippen LogP contribution in [-0.2, 0) is 4.79 Å². The Balaban J connectivity index is 2.18. The Hall–Kier alpha value is -2.63. The SMILES string of the molecule is NC(=O)CCNc1cc(N)nc(-c2ccccc2)n1. The average Bonchev–Trinajstić information content (AvgIpc) is 2.39. The number of rotatable bonds is 5. The Bertz CT molecular complexity index is 571. The van der Waals surface area contributed by atoms with E-state index in [0.717, 1.165) is 5.56 Å². The molecule has 1 aromatic heterocycles. The van der Waals surface area contributed by atoms with Gasteiger partial charge in [-0.15, -0.1) is 0 Å². The molecule has 98 valence electrons. The highest BCUT2D eigenvalue weighted by molar-refractivity contribution is 5.74. The summed E-state index contributed by atoms with van der Waals surface area (Å²) in [4.78, 5) is 19.2. The smallest absolute Gasteiger partial charge is 0.219 e. The summed E-state index contributed by atoms with van der Waals surface area (Å²) in [5, 5.41) is 3.00. The van der Waals surface area contributed by atoms with Crippen LogP contribution in [0.15, 0.2) is 36.4 Å². The van der Waals surface area contributed by atoms with Gasteiger partial charge in [0.2, 0.25) is 5.91 Å². The van der Waals surface area contributed by atoms with Crippen molar-refractivity contribution in [2.45, 2.75) is 6.42 Å². The average molecular weight is 257 g/mol. The number of nitrogens with zero attached hydrogens (tertiary/aromatic N) is 2. The van der Waals surface area contributed by atoms with E-state index < -0.39 is 0 Å². The number of carbonyl (C=O) groups is 1. The summed E-state index contributed by atoms with van der Waals surface area (Å²) in [5.74, 6) is 1.13. The Morgan fingerprint density at radius 2 is 1.95 bits per heavy atom. The fourth-order valence-electron chi connectivity index (χ4n) is 1.59. The van der Waals surface area contributed by atoms with Crippen molar-refractivity contribution < 1.29 is 4.79 Å². The molecule has 0 saturated heterocycles. The maximum Gasteiger partial charge on any atom is 0.219 e. The van der Waals surface area contributed by atoms with Gasteiger partial charge in [0, 0.05) is 24.6 Å².